The first kappa shape index (κ1) is 24.8. The summed E-state index contributed by atoms with van der Waals surface area (Å²) in [6, 6.07) is 7.36. The zero-order chi connectivity index (χ0) is 19.7. The monoisotopic (exact) mass is 471 g/mol. The molecule has 0 amide bonds. The average molecular weight is 473 g/mol. The Hall–Kier alpha value is -1.44. The molecule has 2 aromatic rings. The second-order valence-corrected chi connectivity index (χ2v) is 8.16. The van der Waals surface area contributed by atoms with E-state index in [1.165, 1.54) is 11.3 Å². The van der Waals surface area contributed by atoms with Gasteiger partial charge < -0.3 is 15.4 Å². The van der Waals surface area contributed by atoms with Gasteiger partial charge in [-0.3, -0.25) is 4.90 Å². The van der Waals surface area contributed by atoms with E-state index in [1.54, 1.807) is 18.5 Å². The molecule has 4 rings (SSSR count). The smallest absolute Gasteiger partial charge is 0.135 e. The number of carbonyl (C=O) groups excluding carboxylic acids is 1. The van der Waals surface area contributed by atoms with Crippen molar-refractivity contribution >= 4 is 48.5 Å². The first-order valence-electron chi connectivity index (χ1n) is 9.87. The lowest BCUT2D eigenvalue weighted by molar-refractivity contribution is -0.110. The summed E-state index contributed by atoms with van der Waals surface area (Å²) in [5.41, 5.74) is 9.89. The summed E-state index contributed by atoms with van der Waals surface area (Å²) in [6.07, 6.45) is 4.47. The Morgan fingerprint density at radius 1 is 1.13 bits per heavy atom. The van der Waals surface area contributed by atoms with E-state index in [0.29, 0.717) is 10.9 Å². The van der Waals surface area contributed by atoms with E-state index in [0.717, 1.165) is 56.7 Å². The summed E-state index contributed by atoms with van der Waals surface area (Å²) in [6.45, 7) is 5.54. The number of benzene rings is 1. The molecular weight excluding hydrogens is 445 g/mol. The van der Waals surface area contributed by atoms with Crippen molar-refractivity contribution in [2.24, 2.45) is 5.73 Å². The minimum absolute atomic E-state index is 0. The molecule has 164 valence electrons. The van der Waals surface area contributed by atoms with Crippen LogP contribution in [0.25, 0.3) is 0 Å². The van der Waals surface area contributed by atoms with Gasteiger partial charge in [0.15, 0.2) is 0 Å². The molecule has 0 saturated carbocycles. The fraction of sp³-hybridized carbons (Fsp3) is 0.476. The summed E-state index contributed by atoms with van der Waals surface area (Å²) in [5, 5.41) is 0.655. The predicted octanol–water partition coefficient (Wildman–Crippen LogP) is 3.41. The summed E-state index contributed by atoms with van der Waals surface area (Å²) in [4.78, 5) is 25.3. The number of carbonyl (C=O) groups is 1. The fourth-order valence-electron chi connectivity index (χ4n) is 4.38. The number of piperazine rings is 1. The molecule has 30 heavy (non-hydrogen) atoms. The number of aryl methyl sites for hydroxylation is 1. The van der Waals surface area contributed by atoms with E-state index < -0.39 is 0 Å². The normalized spacial score (nSPS) is 20.5. The quantitative estimate of drug-likeness (QED) is 0.672. The van der Waals surface area contributed by atoms with Gasteiger partial charge in [-0.05, 0) is 36.5 Å². The van der Waals surface area contributed by atoms with Crippen molar-refractivity contribution in [1.82, 2.24) is 14.9 Å². The van der Waals surface area contributed by atoms with E-state index in [-0.39, 0.29) is 36.9 Å². The third-order valence-corrected chi connectivity index (χ3v) is 6.31. The van der Waals surface area contributed by atoms with Crippen LogP contribution in [0, 0.1) is 0 Å². The molecule has 0 radical (unpaired) electrons. The highest BCUT2D eigenvalue weighted by atomic mass is 35.5. The van der Waals surface area contributed by atoms with Crippen LogP contribution in [0.5, 0.6) is 0 Å². The van der Waals surface area contributed by atoms with Gasteiger partial charge in [-0.15, -0.1) is 24.8 Å². The van der Waals surface area contributed by atoms with Crippen LogP contribution in [0.4, 0.5) is 5.82 Å². The van der Waals surface area contributed by atoms with Gasteiger partial charge in [0.05, 0.1) is 12.1 Å². The zero-order valence-electron chi connectivity index (χ0n) is 16.9. The van der Waals surface area contributed by atoms with Crippen molar-refractivity contribution < 1.29 is 4.79 Å². The minimum atomic E-state index is -0.368. The van der Waals surface area contributed by atoms with Gasteiger partial charge in [0.25, 0.3) is 0 Å². The molecule has 2 heterocycles. The Morgan fingerprint density at radius 2 is 1.80 bits per heavy atom. The molecule has 3 atom stereocenters. The van der Waals surface area contributed by atoms with E-state index in [4.69, 9.17) is 17.3 Å². The van der Waals surface area contributed by atoms with Gasteiger partial charge in [-0.2, -0.15) is 0 Å². The molecule has 2 aliphatic rings. The Bertz CT molecular complexity index is 843. The number of nitrogens with zero attached hydrogens (tertiary/aromatic N) is 4. The molecule has 1 saturated heterocycles. The maximum atomic E-state index is 11.8. The Kier molecular flexibility index (Phi) is 8.88. The molecule has 1 aliphatic heterocycles. The maximum absolute atomic E-state index is 11.8. The minimum Gasteiger partial charge on any atom is -0.354 e. The van der Waals surface area contributed by atoms with Crippen LogP contribution in [0.1, 0.15) is 42.0 Å². The first-order valence-corrected chi connectivity index (χ1v) is 10.3. The molecule has 1 aromatic heterocycles. The van der Waals surface area contributed by atoms with Crippen molar-refractivity contribution in [3.63, 3.8) is 0 Å². The summed E-state index contributed by atoms with van der Waals surface area (Å²) in [7, 11) is 0. The van der Waals surface area contributed by atoms with Gasteiger partial charge in [0.2, 0.25) is 0 Å². The maximum Gasteiger partial charge on any atom is 0.135 e. The van der Waals surface area contributed by atoms with E-state index >= 15 is 0 Å². The van der Waals surface area contributed by atoms with Gasteiger partial charge in [0, 0.05) is 42.5 Å². The van der Waals surface area contributed by atoms with Gasteiger partial charge in [-0.1, -0.05) is 30.7 Å². The molecule has 2 unspecified atom stereocenters. The number of fused-ring (bicyclic) bond motifs is 1. The van der Waals surface area contributed by atoms with Crippen molar-refractivity contribution in [3.05, 3.63) is 52.4 Å². The van der Waals surface area contributed by atoms with Gasteiger partial charge >= 0.3 is 0 Å². The second kappa shape index (κ2) is 10.7. The highest BCUT2D eigenvalue weighted by molar-refractivity contribution is 6.30. The number of anilines is 1. The van der Waals surface area contributed by atoms with Crippen LogP contribution in [0.15, 0.2) is 30.6 Å². The zero-order valence-corrected chi connectivity index (χ0v) is 19.3. The largest absolute Gasteiger partial charge is 0.354 e. The highest BCUT2D eigenvalue weighted by Crippen LogP contribution is 2.37. The van der Waals surface area contributed by atoms with Crippen LogP contribution < -0.4 is 10.6 Å². The van der Waals surface area contributed by atoms with E-state index in [1.807, 2.05) is 12.1 Å². The number of aldehydes is 1. The lowest BCUT2D eigenvalue weighted by Gasteiger charge is -2.40. The number of rotatable bonds is 5. The number of aromatic nitrogens is 2. The molecule has 2 N–H and O–H groups in total. The van der Waals surface area contributed by atoms with Crippen LogP contribution in [0.2, 0.25) is 5.02 Å². The van der Waals surface area contributed by atoms with Crippen molar-refractivity contribution in [1.29, 1.82) is 0 Å². The molecule has 1 aliphatic carbocycles. The molecule has 1 fully saturated rings. The van der Waals surface area contributed by atoms with Crippen LogP contribution >= 0.6 is 36.4 Å². The standard InChI is InChI=1S/C21H26ClN5O.2ClH/c1-14-2-7-18-19(14)21(25-13-24-18)27-10-8-26(9-11-27)20(23)17(12-28)15-3-5-16(22)6-4-15;;/h3-6,12-14,17,20H,2,7-11,23H2,1H3;2*1H/t14-,17?,20?;;/m1../s1. The Morgan fingerprint density at radius 3 is 2.43 bits per heavy atom. The molecule has 0 bridgehead atoms. The molecule has 0 spiro atoms. The fourth-order valence-corrected chi connectivity index (χ4v) is 4.50. The summed E-state index contributed by atoms with van der Waals surface area (Å²) < 4.78 is 0. The first-order chi connectivity index (χ1) is 13.6. The van der Waals surface area contributed by atoms with Crippen LogP contribution in [-0.2, 0) is 11.2 Å². The lowest BCUT2D eigenvalue weighted by Crippen LogP contribution is -2.55. The van der Waals surface area contributed by atoms with Crippen molar-refractivity contribution in [2.45, 2.75) is 37.8 Å². The van der Waals surface area contributed by atoms with Crippen LogP contribution in [0.3, 0.4) is 0 Å². The third-order valence-electron chi connectivity index (χ3n) is 6.06. The van der Waals surface area contributed by atoms with Gasteiger partial charge in [-0.25, -0.2) is 9.97 Å². The topological polar surface area (TPSA) is 75.3 Å². The summed E-state index contributed by atoms with van der Waals surface area (Å²) in [5.74, 6) is 1.22. The summed E-state index contributed by atoms with van der Waals surface area (Å²) >= 11 is 5.97. The van der Waals surface area contributed by atoms with Crippen molar-refractivity contribution in [2.75, 3.05) is 31.1 Å². The molecular formula is C21H28Cl3N5O. The van der Waals surface area contributed by atoms with E-state index in [2.05, 4.69) is 26.7 Å². The average Bonchev–Trinajstić information content (AvgIpc) is 3.11. The van der Waals surface area contributed by atoms with Crippen LogP contribution in [-0.4, -0.2) is 53.5 Å². The number of hydrogen-bond acceptors (Lipinski definition) is 6. The SMILES string of the molecule is C[C@@H]1CCc2ncnc(N3CCN(C(N)C(C=O)c4ccc(Cl)cc4)CC3)c21.Cl.Cl. The predicted molar refractivity (Wildman–Crippen MR) is 125 cm³/mol. The Labute approximate surface area is 195 Å². The third kappa shape index (κ3) is 4.89. The van der Waals surface area contributed by atoms with E-state index in [9.17, 15) is 4.79 Å². The number of nitrogens with two attached hydrogens (primary N) is 1. The highest BCUT2D eigenvalue weighted by Gasteiger charge is 2.31. The second-order valence-electron chi connectivity index (χ2n) is 7.72. The number of halogens is 3. The molecule has 1 aromatic carbocycles. The molecule has 9 heteroatoms. The lowest BCUT2D eigenvalue weighted by atomic mass is 9.96. The number of hydrogen-bond donors (Lipinski definition) is 1. The van der Waals surface area contributed by atoms with Gasteiger partial charge in [0.1, 0.15) is 18.4 Å². The molecule has 6 nitrogen and oxygen atoms in total. The van der Waals surface area contributed by atoms with Crippen molar-refractivity contribution in [3.8, 4) is 0 Å². The Balaban J connectivity index is 0.00000160.